The highest BCUT2D eigenvalue weighted by molar-refractivity contribution is 5.28. The number of aromatic hydroxyl groups is 1. The summed E-state index contributed by atoms with van der Waals surface area (Å²) in [6.45, 7) is 0. The Morgan fingerprint density at radius 1 is 1.15 bits per heavy atom. The van der Waals surface area contributed by atoms with Gasteiger partial charge in [0, 0.05) is 0 Å². The molecule has 0 aliphatic rings. The fourth-order valence-electron chi connectivity index (χ4n) is 0.965. The molecule has 2 rings (SSSR count). The summed E-state index contributed by atoms with van der Waals surface area (Å²) in [5.41, 5.74) is 0. The number of rotatable bonds is 2. The Hall–Kier alpha value is -1.90. The molecule has 0 unspecified atom stereocenters. The molecule has 0 saturated heterocycles. The van der Waals surface area contributed by atoms with Gasteiger partial charge in [0.2, 0.25) is 0 Å². The van der Waals surface area contributed by atoms with Crippen LogP contribution in [-0.2, 0) is 0 Å². The highest BCUT2D eigenvalue weighted by Crippen LogP contribution is 2.25. The number of para-hydroxylation sites is 1. The standard InChI is InChI=1S/C10H8O3/c11-8-6-10(12-7-8)13-9-4-2-1-3-5-9/h1-7,11H. The molecule has 3 nitrogen and oxygen atoms in total. The molecule has 0 spiro atoms. The Labute approximate surface area is 75.2 Å². The van der Waals surface area contributed by atoms with Crippen LogP contribution in [0.5, 0.6) is 17.4 Å². The van der Waals surface area contributed by atoms with E-state index in [-0.39, 0.29) is 11.7 Å². The molecule has 0 aliphatic carbocycles. The van der Waals surface area contributed by atoms with E-state index in [0.29, 0.717) is 5.75 Å². The normalized spacial score (nSPS) is 9.85. The van der Waals surface area contributed by atoms with Crippen molar-refractivity contribution >= 4 is 0 Å². The molecule has 13 heavy (non-hydrogen) atoms. The number of hydrogen-bond acceptors (Lipinski definition) is 3. The van der Waals surface area contributed by atoms with Crippen LogP contribution >= 0.6 is 0 Å². The number of hydrogen-bond donors (Lipinski definition) is 1. The molecular weight excluding hydrogens is 168 g/mol. The lowest BCUT2D eigenvalue weighted by Crippen LogP contribution is -1.79. The first kappa shape index (κ1) is 7.73. The molecule has 0 fully saturated rings. The third kappa shape index (κ3) is 1.82. The molecule has 2 aromatic rings. The van der Waals surface area contributed by atoms with E-state index in [2.05, 4.69) is 0 Å². The molecule has 0 saturated carbocycles. The van der Waals surface area contributed by atoms with Crippen molar-refractivity contribution in [2.45, 2.75) is 0 Å². The molecule has 0 bridgehead atoms. The van der Waals surface area contributed by atoms with Gasteiger partial charge in [0.25, 0.3) is 5.95 Å². The van der Waals surface area contributed by atoms with Crippen LogP contribution in [0.1, 0.15) is 0 Å². The lowest BCUT2D eigenvalue weighted by atomic mass is 10.3. The summed E-state index contributed by atoms with van der Waals surface area (Å²) in [6.07, 6.45) is 1.22. The van der Waals surface area contributed by atoms with Crippen LogP contribution in [0.4, 0.5) is 0 Å². The first-order valence-corrected chi connectivity index (χ1v) is 3.85. The highest BCUT2D eigenvalue weighted by atomic mass is 16.6. The van der Waals surface area contributed by atoms with Crippen LogP contribution in [-0.4, -0.2) is 5.11 Å². The minimum absolute atomic E-state index is 0.0610. The third-order valence-corrected chi connectivity index (χ3v) is 1.52. The van der Waals surface area contributed by atoms with Gasteiger partial charge in [0.1, 0.15) is 12.0 Å². The largest absolute Gasteiger partial charge is 0.505 e. The van der Waals surface area contributed by atoms with Gasteiger partial charge in [-0.05, 0) is 12.1 Å². The van der Waals surface area contributed by atoms with Gasteiger partial charge < -0.3 is 14.3 Å². The monoisotopic (exact) mass is 176 g/mol. The third-order valence-electron chi connectivity index (χ3n) is 1.52. The molecule has 66 valence electrons. The molecule has 0 atom stereocenters. The molecule has 3 heteroatoms. The predicted octanol–water partition coefficient (Wildman–Crippen LogP) is 2.78. The van der Waals surface area contributed by atoms with Crippen molar-refractivity contribution in [1.29, 1.82) is 0 Å². The number of furan rings is 1. The molecule has 1 heterocycles. The van der Waals surface area contributed by atoms with Gasteiger partial charge >= 0.3 is 0 Å². The first-order chi connectivity index (χ1) is 6.34. The van der Waals surface area contributed by atoms with E-state index in [0.717, 1.165) is 0 Å². The van der Waals surface area contributed by atoms with Crippen molar-refractivity contribution in [3.63, 3.8) is 0 Å². The maximum atomic E-state index is 8.96. The van der Waals surface area contributed by atoms with Crippen molar-refractivity contribution in [1.82, 2.24) is 0 Å². The summed E-state index contributed by atoms with van der Waals surface area (Å²) in [7, 11) is 0. The lowest BCUT2D eigenvalue weighted by Gasteiger charge is -1.99. The summed E-state index contributed by atoms with van der Waals surface area (Å²) in [5.74, 6) is 1.02. The summed E-state index contributed by atoms with van der Waals surface area (Å²) in [6, 6.07) is 10.6. The molecule has 1 aromatic carbocycles. The van der Waals surface area contributed by atoms with Gasteiger partial charge in [-0.15, -0.1) is 0 Å². The van der Waals surface area contributed by atoms with Gasteiger partial charge in [-0.1, -0.05) is 18.2 Å². The number of ether oxygens (including phenoxy) is 1. The summed E-state index contributed by atoms with van der Waals surface area (Å²) in [4.78, 5) is 0. The summed E-state index contributed by atoms with van der Waals surface area (Å²) in [5, 5.41) is 8.96. The fraction of sp³-hybridized carbons (Fsp3) is 0. The van der Waals surface area contributed by atoms with Crippen molar-refractivity contribution < 1.29 is 14.3 Å². The van der Waals surface area contributed by atoms with E-state index in [1.54, 1.807) is 12.1 Å². The molecule has 1 aromatic heterocycles. The fourth-order valence-corrected chi connectivity index (χ4v) is 0.965. The Morgan fingerprint density at radius 3 is 2.54 bits per heavy atom. The summed E-state index contributed by atoms with van der Waals surface area (Å²) < 4.78 is 10.2. The topological polar surface area (TPSA) is 42.6 Å². The van der Waals surface area contributed by atoms with Crippen molar-refractivity contribution in [2.75, 3.05) is 0 Å². The highest BCUT2D eigenvalue weighted by Gasteiger charge is 2.01. The zero-order chi connectivity index (χ0) is 9.10. The maximum absolute atomic E-state index is 8.96. The first-order valence-electron chi connectivity index (χ1n) is 3.85. The van der Waals surface area contributed by atoms with Crippen LogP contribution in [0, 0.1) is 0 Å². The van der Waals surface area contributed by atoms with E-state index in [1.165, 1.54) is 12.3 Å². The average Bonchev–Trinajstić information content (AvgIpc) is 2.53. The Kier molecular flexibility index (Phi) is 1.92. The van der Waals surface area contributed by atoms with Crippen molar-refractivity contribution in [2.24, 2.45) is 0 Å². The maximum Gasteiger partial charge on any atom is 0.293 e. The van der Waals surface area contributed by atoms with Crippen molar-refractivity contribution in [3.05, 3.63) is 42.7 Å². The van der Waals surface area contributed by atoms with E-state index < -0.39 is 0 Å². The zero-order valence-electron chi connectivity index (χ0n) is 6.81. The van der Waals surface area contributed by atoms with Crippen LogP contribution in [0.25, 0.3) is 0 Å². The SMILES string of the molecule is Oc1coc(Oc2ccccc2)c1. The van der Waals surface area contributed by atoms with Gasteiger partial charge in [-0.2, -0.15) is 0 Å². The van der Waals surface area contributed by atoms with Crippen LogP contribution in [0.2, 0.25) is 0 Å². The van der Waals surface area contributed by atoms with Gasteiger partial charge in [-0.25, -0.2) is 0 Å². The molecular formula is C10H8O3. The Bertz CT molecular complexity index is 378. The summed E-state index contributed by atoms with van der Waals surface area (Å²) >= 11 is 0. The smallest absolute Gasteiger partial charge is 0.293 e. The van der Waals surface area contributed by atoms with Crippen LogP contribution in [0.15, 0.2) is 47.1 Å². The van der Waals surface area contributed by atoms with E-state index in [1.807, 2.05) is 18.2 Å². The Balaban J connectivity index is 2.15. The molecule has 0 radical (unpaired) electrons. The number of benzene rings is 1. The van der Waals surface area contributed by atoms with E-state index >= 15 is 0 Å². The second-order valence-corrected chi connectivity index (χ2v) is 2.54. The van der Waals surface area contributed by atoms with Gasteiger partial charge in [-0.3, -0.25) is 0 Å². The lowest BCUT2D eigenvalue weighted by molar-refractivity contribution is 0.345. The minimum atomic E-state index is 0.0610. The van der Waals surface area contributed by atoms with Gasteiger partial charge in [0.05, 0.1) is 6.07 Å². The minimum Gasteiger partial charge on any atom is -0.505 e. The quantitative estimate of drug-likeness (QED) is 0.764. The van der Waals surface area contributed by atoms with Crippen molar-refractivity contribution in [3.8, 4) is 17.4 Å². The molecule has 1 N–H and O–H groups in total. The Morgan fingerprint density at radius 2 is 1.92 bits per heavy atom. The second kappa shape index (κ2) is 3.23. The zero-order valence-corrected chi connectivity index (χ0v) is 6.81. The molecule has 0 amide bonds. The average molecular weight is 176 g/mol. The van der Waals surface area contributed by atoms with Gasteiger partial charge in [0.15, 0.2) is 5.75 Å². The predicted molar refractivity (Wildman–Crippen MR) is 46.9 cm³/mol. The van der Waals surface area contributed by atoms with E-state index in [4.69, 9.17) is 14.3 Å². The molecule has 0 aliphatic heterocycles. The second-order valence-electron chi connectivity index (χ2n) is 2.54. The van der Waals surface area contributed by atoms with Crippen LogP contribution < -0.4 is 4.74 Å². The van der Waals surface area contributed by atoms with Crippen LogP contribution in [0.3, 0.4) is 0 Å². The van der Waals surface area contributed by atoms with E-state index in [9.17, 15) is 0 Å².